The highest BCUT2D eigenvalue weighted by Gasteiger charge is 2.13. The summed E-state index contributed by atoms with van der Waals surface area (Å²) in [6, 6.07) is 5.83. The number of anilines is 1. The molecule has 1 aromatic carbocycles. The van der Waals surface area contributed by atoms with Gasteiger partial charge in [-0.05, 0) is 24.1 Å². The number of aliphatic hydroxyl groups is 1. The highest BCUT2D eigenvalue weighted by molar-refractivity contribution is 9.10. The number of hydrogen-bond donors (Lipinski definition) is 2. The minimum absolute atomic E-state index is 0.195. The van der Waals surface area contributed by atoms with Crippen LogP contribution < -0.4 is 10.1 Å². The highest BCUT2D eigenvalue weighted by Crippen LogP contribution is 2.28. The van der Waals surface area contributed by atoms with Gasteiger partial charge in [0.15, 0.2) is 0 Å². The van der Waals surface area contributed by atoms with E-state index in [0.29, 0.717) is 5.92 Å². The lowest BCUT2D eigenvalue weighted by molar-refractivity contribution is 0.198. The summed E-state index contributed by atoms with van der Waals surface area (Å²) in [5.74, 6) is 1.51. The van der Waals surface area contributed by atoms with Crippen LogP contribution in [-0.2, 0) is 0 Å². The first-order chi connectivity index (χ1) is 8.08. The van der Waals surface area contributed by atoms with Crippen LogP contribution in [0.4, 0.5) is 5.69 Å². The standard InChI is InChI=1S/C13H20BrNO2/c1-9(2)10(8-16)7-15-12-6-11(14)4-5-13(12)17-3/h4-6,9-10,15-16H,7-8H2,1-3H3. The molecule has 2 N–H and O–H groups in total. The van der Waals surface area contributed by atoms with Crippen molar-refractivity contribution < 1.29 is 9.84 Å². The summed E-state index contributed by atoms with van der Waals surface area (Å²) in [5.41, 5.74) is 0.945. The van der Waals surface area contributed by atoms with Crippen LogP contribution in [0.2, 0.25) is 0 Å². The van der Waals surface area contributed by atoms with E-state index in [-0.39, 0.29) is 12.5 Å². The van der Waals surface area contributed by atoms with Gasteiger partial charge in [0.05, 0.1) is 12.8 Å². The zero-order chi connectivity index (χ0) is 12.8. The van der Waals surface area contributed by atoms with Gasteiger partial charge >= 0.3 is 0 Å². The van der Waals surface area contributed by atoms with Gasteiger partial charge in [-0.3, -0.25) is 0 Å². The van der Waals surface area contributed by atoms with Crippen molar-refractivity contribution in [3.63, 3.8) is 0 Å². The Labute approximate surface area is 111 Å². The number of nitrogens with one attached hydrogen (secondary N) is 1. The summed E-state index contributed by atoms with van der Waals surface area (Å²) >= 11 is 3.43. The Bertz CT molecular complexity index is 355. The zero-order valence-electron chi connectivity index (χ0n) is 10.5. The molecule has 0 heterocycles. The van der Waals surface area contributed by atoms with Gasteiger partial charge in [-0.2, -0.15) is 0 Å². The number of halogens is 1. The zero-order valence-corrected chi connectivity index (χ0v) is 12.1. The maximum atomic E-state index is 9.28. The Morgan fingerprint density at radius 2 is 2.12 bits per heavy atom. The van der Waals surface area contributed by atoms with Gasteiger partial charge in [-0.15, -0.1) is 0 Å². The maximum Gasteiger partial charge on any atom is 0.142 e. The fraction of sp³-hybridized carbons (Fsp3) is 0.538. The number of methoxy groups -OCH3 is 1. The van der Waals surface area contributed by atoms with Crippen LogP contribution in [0.15, 0.2) is 22.7 Å². The van der Waals surface area contributed by atoms with E-state index in [4.69, 9.17) is 4.74 Å². The molecule has 0 saturated heterocycles. The van der Waals surface area contributed by atoms with E-state index in [2.05, 4.69) is 35.1 Å². The second-order valence-electron chi connectivity index (χ2n) is 4.41. The van der Waals surface area contributed by atoms with Gasteiger partial charge in [0.1, 0.15) is 5.75 Å². The average Bonchev–Trinajstić information content (AvgIpc) is 2.29. The third-order valence-corrected chi connectivity index (χ3v) is 3.39. The van der Waals surface area contributed by atoms with E-state index >= 15 is 0 Å². The summed E-state index contributed by atoms with van der Waals surface area (Å²) in [4.78, 5) is 0. The van der Waals surface area contributed by atoms with Gasteiger partial charge in [-0.25, -0.2) is 0 Å². The predicted octanol–water partition coefficient (Wildman–Crippen LogP) is 3.13. The Balaban J connectivity index is 2.70. The van der Waals surface area contributed by atoms with Gasteiger partial charge in [-0.1, -0.05) is 29.8 Å². The molecule has 0 aliphatic heterocycles. The molecular formula is C13H20BrNO2. The lowest BCUT2D eigenvalue weighted by atomic mass is 9.97. The maximum absolute atomic E-state index is 9.28. The van der Waals surface area contributed by atoms with Crippen LogP contribution in [-0.4, -0.2) is 25.4 Å². The molecule has 96 valence electrons. The van der Waals surface area contributed by atoms with Crippen molar-refractivity contribution in [2.45, 2.75) is 13.8 Å². The lowest BCUT2D eigenvalue weighted by Gasteiger charge is -2.20. The summed E-state index contributed by atoms with van der Waals surface area (Å²) in [7, 11) is 1.65. The Hall–Kier alpha value is -0.740. The van der Waals surface area contributed by atoms with Crippen LogP contribution in [0.1, 0.15) is 13.8 Å². The van der Waals surface area contributed by atoms with Gasteiger partial charge < -0.3 is 15.2 Å². The molecule has 0 aliphatic rings. The molecular weight excluding hydrogens is 282 g/mol. The number of hydrogen-bond acceptors (Lipinski definition) is 3. The fourth-order valence-electron chi connectivity index (χ4n) is 1.57. The topological polar surface area (TPSA) is 41.5 Å². The Morgan fingerprint density at radius 3 is 2.65 bits per heavy atom. The van der Waals surface area contributed by atoms with Crippen LogP contribution in [0.5, 0.6) is 5.75 Å². The third kappa shape index (κ3) is 4.21. The van der Waals surface area contributed by atoms with E-state index in [1.165, 1.54) is 0 Å². The molecule has 1 atom stereocenters. The first-order valence-electron chi connectivity index (χ1n) is 5.76. The normalized spacial score (nSPS) is 12.6. The molecule has 4 heteroatoms. The molecule has 0 amide bonds. The SMILES string of the molecule is COc1ccc(Br)cc1NCC(CO)C(C)C. The molecule has 0 aliphatic carbocycles. The van der Waals surface area contributed by atoms with E-state index in [0.717, 1.165) is 22.5 Å². The van der Waals surface area contributed by atoms with Crippen LogP contribution in [0.25, 0.3) is 0 Å². The predicted molar refractivity (Wildman–Crippen MR) is 74.6 cm³/mol. The number of rotatable bonds is 6. The second kappa shape index (κ2) is 6.87. The molecule has 0 saturated carbocycles. The fourth-order valence-corrected chi connectivity index (χ4v) is 1.93. The van der Waals surface area contributed by atoms with Crippen molar-refractivity contribution in [3.8, 4) is 5.75 Å². The second-order valence-corrected chi connectivity index (χ2v) is 5.33. The molecule has 0 radical (unpaired) electrons. The molecule has 1 unspecified atom stereocenters. The quantitative estimate of drug-likeness (QED) is 0.848. The van der Waals surface area contributed by atoms with Gasteiger partial charge in [0.25, 0.3) is 0 Å². The van der Waals surface area contributed by atoms with Gasteiger partial charge in [0.2, 0.25) is 0 Å². The molecule has 0 bridgehead atoms. The van der Waals surface area contributed by atoms with Crippen LogP contribution in [0.3, 0.4) is 0 Å². The third-order valence-electron chi connectivity index (χ3n) is 2.89. The summed E-state index contributed by atoms with van der Waals surface area (Å²) in [6.45, 7) is 5.16. The lowest BCUT2D eigenvalue weighted by Crippen LogP contribution is -2.23. The molecule has 1 aromatic rings. The largest absolute Gasteiger partial charge is 0.495 e. The molecule has 3 nitrogen and oxygen atoms in total. The van der Waals surface area contributed by atoms with Gasteiger partial charge in [0, 0.05) is 23.5 Å². The number of aliphatic hydroxyl groups excluding tert-OH is 1. The van der Waals surface area contributed by atoms with Crippen LogP contribution >= 0.6 is 15.9 Å². The van der Waals surface area contributed by atoms with Crippen molar-refractivity contribution in [3.05, 3.63) is 22.7 Å². The molecule has 0 fully saturated rings. The van der Waals surface area contributed by atoms with E-state index < -0.39 is 0 Å². The number of benzene rings is 1. The van der Waals surface area contributed by atoms with Crippen LogP contribution in [0, 0.1) is 11.8 Å². The highest BCUT2D eigenvalue weighted by atomic mass is 79.9. The van der Waals surface area contributed by atoms with E-state index in [9.17, 15) is 5.11 Å². The molecule has 1 rings (SSSR count). The minimum Gasteiger partial charge on any atom is -0.495 e. The Kier molecular flexibility index (Phi) is 5.78. The molecule has 0 aromatic heterocycles. The summed E-state index contributed by atoms with van der Waals surface area (Å²) in [6.07, 6.45) is 0. The summed E-state index contributed by atoms with van der Waals surface area (Å²) < 4.78 is 6.29. The molecule has 17 heavy (non-hydrogen) atoms. The Morgan fingerprint density at radius 1 is 1.41 bits per heavy atom. The first kappa shape index (κ1) is 14.3. The van der Waals surface area contributed by atoms with Crippen molar-refractivity contribution in [1.82, 2.24) is 0 Å². The molecule has 0 spiro atoms. The van der Waals surface area contributed by atoms with Crippen molar-refractivity contribution in [2.75, 3.05) is 25.6 Å². The minimum atomic E-state index is 0.195. The smallest absolute Gasteiger partial charge is 0.142 e. The summed E-state index contributed by atoms with van der Waals surface area (Å²) in [5, 5.41) is 12.6. The monoisotopic (exact) mass is 301 g/mol. The van der Waals surface area contributed by atoms with Crippen molar-refractivity contribution >= 4 is 21.6 Å². The van der Waals surface area contributed by atoms with Crippen molar-refractivity contribution in [2.24, 2.45) is 11.8 Å². The van der Waals surface area contributed by atoms with Crippen molar-refractivity contribution in [1.29, 1.82) is 0 Å². The average molecular weight is 302 g/mol. The van der Waals surface area contributed by atoms with E-state index in [1.54, 1.807) is 7.11 Å². The number of ether oxygens (including phenoxy) is 1. The first-order valence-corrected chi connectivity index (χ1v) is 6.56. The van der Waals surface area contributed by atoms with E-state index in [1.807, 2.05) is 18.2 Å².